The molecule has 228 valence electrons. The van der Waals surface area contributed by atoms with E-state index in [2.05, 4.69) is 10.9 Å². The van der Waals surface area contributed by atoms with Crippen LogP contribution in [0.5, 0.6) is 11.5 Å². The number of phenolic OH excluding ortho intramolecular Hbond substituents is 1. The number of aromatic nitrogens is 1. The van der Waals surface area contributed by atoms with Crippen molar-refractivity contribution >= 4 is 40.5 Å². The lowest BCUT2D eigenvalue weighted by Gasteiger charge is -2.35. The van der Waals surface area contributed by atoms with Crippen LogP contribution < -0.4 is 9.64 Å². The van der Waals surface area contributed by atoms with Crippen LogP contribution in [0.1, 0.15) is 43.5 Å². The minimum atomic E-state index is -0.366. The summed E-state index contributed by atoms with van der Waals surface area (Å²) in [5.41, 5.74) is 6.18. The van der Waals surface area contributed by atoms with Gasteiger partial charge in [-0.15, -0.1) is 0 Å². The summed E-state index contributed by atoms with van der Waals surface area (Å²) < 4.78 is 8.42. The van der Waals surface area contributed by atoms with Crippen molar-refractivity contribution in [2.45, 2.75) is 19.4 Å². The van der Waals surface area contributed by atoms with E-state index in [0.717, 1.165) is 11.1 Å². The van der Waals surface area contributed by atoms with E-state index in [9.17, 15) is 14.7 Å². The second-order valence-electron chi connectivity index (χ2n) is 11.6. The number of anilines is 2. The smallest absolute Gasteiger partial charge is 0.264 e. The molecule has 2 aliphatic rings. The van der Waals surface area contributed by atoms with Gasteiger partial charge in [-0.3, -0.25) is 14.5 Å². The van der Waals surface area contributed by atoms with Crippen molar-refractivity contribution in [1.29, 1.82) is 0 Å². The molecule has 1 aromatic heterocycles. The molecule has 0 saturated heterocycles. The van der Waals surface area contributed by atoms with Crippen molar-refractivity contribution in [3.05, 3.63) is 135 Å². The lowest BCUT2D eigenvalue weighted by Crippen LogP contribution is -2.40. The van der Waals surface area contributed by atoms with E-state index < -0.39 is 0 Å². The Kier molecular flexibility index (Phi) is 7.26. The topological polar surface area (TPSA) is 79.4 Å². The molecule has 4 aromatic carbocycles. The van der Waals surface area contributed by atoms with Crippen LogP contribution in [0.4, 0.5) is 17.1 Å². The highest BCUT2D eigenvalue weighted by Crippen LogP contribution is 2.42. The minimum Gasteiger partial charge on any atom is -0.508 e. The Balaban J connectivity index is 1.50. The molecular formula is C37H29ClN4O4. The third-order valence-corrected chi connectivity index (χ3v) is 9.14. The van der Waals surface area contributed by atoms with Crippen molar-refractivity contribution in [2.75, 3.05) is 18.1 Å². The van der Waals surface area contributed by atoms with E-state index in [-0.39, 0.29) is 30.1 Å². The zero-order valence-electron chi connectivity index (χ0n) is 25.2. The first-order valence-electron chi connectivity index (χ1n) is 14.8. The van der Waals surface area contributed by atoms with Gasteiger partial charge in [-0.1, -0.05) is 41.9 Å². The number of rotatable bonds is 1. The lowest BCUT2D eigenvalue weighted by atomic mass is 9.89. The van der Waals surface area contributed by atoms with Gasteiger partial charge in [0.15, 0.2) is 5.69 Å². The van der Waals surface area contributed by atoms with Gasteiger partial charge in [0.2, 0.25) is 0 Å². The third kappa shape index (κ3) is 4.95. The zero-order valence-corrected chi connectivity index (χ0v) is 26.0. The summed E-state index contributed by atoms with van der Waals surface area (Å²) in [6.07, 6.45) is 0. The molecule has 0 saturated carbocycles. The number of aromatic hydroxyl groups is 1. The summed E-state index contributed by atoms with van der Waals surface area (Å²) in [4.78, 5) is 36.1. The highest BCUT2D eigenvalue weighted by atomic mass is 35.5. The average molecular weight is 629 g/mol. The van der Waals surface area contributed by atoms with Crippen molar-refractivity contribution in [3.63, 3.8) is 0 Å². The van der Waals surface area contributed by atoms with Crippen LogP contribution in [-0.4, -0.2) is 39.5 Å². The predicted molar refractivity (Wildman–Crippen MR) is 177 cm³/mol. The lowest BCUT2D eigenvalue weighted by molar-refractivity contribution is 0.0702. The minimum absolute atomic E-state index is 0.0535. The first-order chi connectivity index (χ1) is 22.2. The van der Waals surface area contributed by atoms with Crippen LogP contribution in [0.3, 0.4) is 0 Å². The van der Waals surface area contributed by atoms with E-state index in [1.807, 2.05) is 41.6 Å². The molecular weight excluding hydrogens is 600 g/mol. The summed E-state index contributed by atoms with van der Waals surface area (Å²) >= 11 is 6.52. The molecule has 8 nitrogen and oxygen atoms in total. The molecule has 7 rings (SSSR count). The number of carbonyl (C=O) groups is 2. The van der Waals surface area contributed by atoms with Gasteiger partial charge >= 0.3 is 0 Å². The van der Waals surface area contributed by atoms with Crippen molar-refractivity contribution in [1.82, 2.24) is 9.47 Å². The first-order valence-corrected chi connectivity index (χ1v) is 15.2. The van der Waals surface area contributed by atoms with Crippen LogP contribution in [0.25, 0.3) is 16.1 Å². The fourth-order valence-electron chi connectivity index (χ4n) is 6.42. The molecule has 5 aromatic rings. The Bertz CT molecular complexity index is 2080. The highest BCUT2D eigenvalue weighted by molar-refractivity contribution is 6.31. The molecule has 46 heavy (non-hydrogen) atoms. The molecule has 2 amide bonds. The van der Waals surface area contributed by atoms with Crippen molar-refractivity contribution < 1.29 is 19.4 Å². The number of hydrogen-bond donors (Lipinski definition) is 1. The molecule has 0 spiro atoms. The van der Waals surface area contributed by atoms with Crippen LogP contribution >= 0.6 is 11.6 Å². The number of ether oxygens (including phenoxy) is 1. The van der Waals surface area contributed by atoms with Crippen molar-refractivity contribution in [2.24, 2.45) is 7.05 Å². The van der Waals surface area contributed by atoms with Crippen LogP contribution in [0.2, 0.25) is 5.02 Å². The van der Waals surface area contributed by atoms with E-state index in [4.69, 9.17) is 22.9 Å². The summed E-state index contributed by atoms with van der Waals surface area (Å²) in [7, 11) is 1.85. The Labute approximate surface area is 271 Å². The van der Waals surface area contributed by atoms with Gasteiger partial charge in [-0.2, -0.15) is 0 Å². The van der Waals surface area contributed by atoms with Crippen LogP contribution in [-0.2, 0) is 13.6 Å². The Morgan fingerprint density at radius 1 is 0.913 bits per heavy atom. The number of fused-ring (bicyclic) bond motifs is 9. The number of phenols is 1. The van der Waals surface area contributed by atoms with Gasteiger partial charge in [0.1, 0.15) is 11.5 Å². The maximum Gasteiger partial charge on any atom is 0.264 e. The molecule has 1 N–H and O–H groups in total. The normalized spacial score (nSPS) is 15.9. The number of carbonyl (C=O) groups excluding carboxylic acids is 2. The molecule has 1 unspecified atom stereocenters. The van der Waals surface area contributed by atoms with Gasteiger partial charge in [0.25, 0.3) is 11.8 Å². The fraction of sp³-hybridized carbons (Fsp3) is 0.162. The van der Waals surface area contributed by atoms with Crippen LogP contribution in [0.15, 0.2) is 91.0 Å². The summed E-state index contributed by atoms with van der Waals surface area (Å²) in [5.74, 6) is -0.203. The Morgan fingerprint density at radius 2 is 1.70 bits per heavy atom. The second kappa shape index (κ2) is 11.4. The molecule has 9 heteroatoms. The molecule has 3 heterocycles. The standard InChI is InChI=1S/C37H29ClN4O4/c1-22-31-18-33(40(22)3)32-16-25(38)8-14-30(32)36(44)41-19-23-6-4-5-7-29(23)24(20-41)21-46-35-15-9-26(39-2)17-34(35)42(37(31)45)27-10-12-28(43)13-11-27/h4-18,24,43H,19-21H2,1,3H3. The summed E-state index contributed by atoms with van der Waals surface area (Å²) in [5, 5.41) is 10.6. The second-order valence-corrected chi connectivity index (χ2v) is 12.0. The third-order valence-electron chi connectivity index (χ3n) is 8.90. The van der Waals surface area contributed by atoms with Gasteiger partial charge in [-0.25, -0.2) is 4.85 Å². The summed E-state index contributed by atoms with van der Waals surface area (Å²) in [6.45, 7) is 10.7. The molecule has 0 aliphatic carbocycles. The molecule has 2 aliphatic heterocycles. The molecule has 0 radical (unpaired) electrons. The number of nitrogens with zero attached hydrogens (tertiary/aromatic N) is 4. The van der Waals surface area contributed by atoms with E-state index in [0.29, 0.717) is 69.0 Å². The quantitative estimate of drug-likeness (QED) is 0.191. The van der Waals surface area contributed by atoms with E-state index >= 15 is 0 Å². The van der Waals surface area contributed by atoms with Gasteiger partial charge in [-0.05, 0) is 78.7 Å². The number of amides is 2. The summed E-state index contributed by atoms with van der Waals surface area (Å²) in [6, 6.07) is 26.4. The van der Waals surface area contributed by atoms with Gasteiger partial charge in [0.05, 0.1) is 24.4 Å². The molecule has 4 bridgehead atoms. The SMILES string of the molecule is [C-]#[N+]c1ccc2c(c1)N(c1ccc(O)cc1)C(=O)c1cc(n(C)c1C)-c1cc(Cl)ccc1C(=O)N1Cc3ccccc3C(CO2)C1. The average Bonchev–Trinajstić information content (AvgIpc) is 3.37. The van der Waals surface area contributed by atoms with Gasteiger partial charge < -0.3 is 19.3 Å². The van der Waals surface area contributed by atoms with E-state index in [1.165, 1.54) is 17.0 Å². The Hall–Kier alpha value is -5.52. The molecule has 1 atom stereocenters. The number of hydrogen-bond acceptors (Lipinski definition) is 4. The highest BCUT2D eigenvalue weighted by Gasteiger charge is 2.33. The number of benzene rings is 4. The predicted octanol–water partition coefficient (Wildman–Crippen LogP) is 8.02. The maximum absolute atomic E-state index is 14.7. The first kappa shape index (κ1) is 29.2. The number of halogens is 1. The monoisotopic (exact) mass is 628 g/mol. The van der Waals surface area contributed by atoms with Crippen molar-refractivity contribution in [3.8, 4) is 22.8 Å². The van der Waals surface area contributed by atoms with Gasteiger partial charge in [0, 0.05) is 59.3 Å². The maximum atomic E-state index is 14.7. The fourth-order valence-corrected chi connectivity index (χ4v) is 6.59. The largest absolute Gasteiger partial charge is 0.508 e. The molecule has 0 fully saturated rings. The van der Waals surface area contributed by atoms with Crippen LogP contribution in [0, 0.1) is 13.5 Å². The zero-order chi connectivity index (χ0) is 32.1. The Morgan fingerprint density at radius 3 is 2.48 bits per heavy atom. The van der Waals surface area contributed by atoms with E-state index in [1.54, 1.807) is 54.6 Å².